The maximum atomic E-state index is 11.6. The summed E-state index contributed by atoms with van der Waals surface area (Å²) < 4.78 is 10.8. The van der Waals surface area contributed by atoms with Gasteiger partial charge in [0.15, 0.2) is 0 Å². The number of amides is 1. The Bertz CT molecular complexity index is 368. The summed E-state index contributed by atoms with van der Waals surface area (Å²) >= 11 is 0. The van der Waals surface area contributed by atoms with Crippen LogP contribution in [0, 0.1) is 0 Å². The van der Waals surface area contributed by atoms with Gasteiger partial charge in [0.05, 0.1) is 0 Å². The third-order valence-corrected chi connectivity index (χ3v) is 2.91. The molecule has 0 saturated heterocycles. The van der Waals surface area contributed by atoms with Crippen LogP contribution in [-0.4, -0.2) is 28.7 Å². The molecule has 3 N–H and O–H groups in total. The van der Waals surface area contributed by atoms with E-state index in [1.54, 1.807) is 6.26 Å². The van der Waals surface area contributed by atoms with Gasteiger partial charge in [-0.15, -0.1) is 0 Å². The Hall–Kier alpha value is -1.20. The van der Waals surface area contributed by atoms with Crippen molar-refractivity contribution in [3.8, 4) is 0 Å². The molecule has 0 fully saturated rings. The predicted octanol–water partition coefficient (Wildman–Crippen LogP) is 0.181. The van der Waals surface area contributed by atoms with E-state index in [0.717, 1.165) is 5.56 Å². The average Bonchev–Trinajstić information content (AvgIpc) is 2.28. The Balaban J connectivity index is 2.45. The Labute approximate surface area is 97.7 Å². The number of carbonyl (C=O) groups is 1. The molecule has 88 valence electrons. The van der Waals surface area contributed by atoms with Gasteiger partial charge in [0.2, 0.25) is 5.91 Å². The van der Waals surface area contributed by atoms with Crippen molar-refractivity contribution in [3.05, 3.63) is 35.9 Å². The van der Waals surface area contributed by atoms with Gasteiger partial charge in [-0.2, -0.15) is 0 Å². The molecule has 16 heavy (non-hydrogen) atoms. The first-order chi connectivity index (χ1) is 7.61. The summed E-state index contributed by atoms with van der Waals surface area (Å²) in [4.78, 5) is 11.6. The van der Waals surface area contributed by atoms with Crippen LogP contribution >= 0.6 is 0 Å². The van der Waals surface area contributed by atoms with E-state index in [9.17, 15) is 9.00 Å². The molecular formula is C11H16N2O2S. The molecule has 0 heterocycles. The van der Waals surface area contributed by atoms with E-state index in [1.807, 2.05) is 30.3 Å². The van der Waals surface area contributed by atoms with Gasteiger partial charge in [0.25, 0.3) is 0 Å². The first kappa shape index (κ1) is 12.9. The van der Waals surface area contributed by atoms with Crippen molar-refractivity contribution >= 4 is 16.7 Å². The van der Waals surface area contributed by atoms with Crippen molar-refractivity contribution < 1.29 is 9.00 Å². The van der Waals surface area contributed by atoms with Crippen molar-refractivity contribution in [1.82, 2.24) is 5.32 Å². The maximum absolute atomic E-state index is 11.6. The number of carbonyl (C=O) groups excluding carboxylic acids is 1. The highest BCUT2D eigenvalue weighted by molar-refractivity contribution is 7.84. The highest BCUT2D eigenvalue weighted by atomic mass is 32.2. The van der Waals surface area contributed by atoms with Gasteiger partial charge >= 0.3 is 0 Å². The van der Waals surface area contributed by atoms with Crippen molar-refractivity contribution in [3.63, 3.8) is 0 Å². The van der Waals surface area contributed by atoms with E-state index in [-0.39, 0.29) is 5.91 Å². The van der Waals surface area contributed by atoms with Crippen LogP contribution in [0.15, 0.2) is 30.3 Å². The van der Waals surface area contributed by atoms with Crippen LogP contribution in [0.4, 0.5) is 0 Å². The van der Waals surface area contributed by atoms with Crippen LogP contribution in [-0.2, 0) is 15.6 Å². The molecule has 0 aliphatic rings. The topological polar surface area (TPSA) is 72.2 Å². The Kier molecular flexibility index (Phi) is 5.14. The molecule has 0 saturated carbocycles. The van der Waals surface area contributed by atoms with Gasteiger partial charge in [-0.3, -0.25) is 9.00 Å². The summed E-state index contributed by atoms with van der Waals surface area (Å²) in [6, 6.07) is 8.50. The number of rotatable bonds is 5. The summed E-state index contributed by atoms with van der Waals surface area (Å²) in [7, 11) is -0.895. The van der Waals surface area contributed by atoms with Gasteiger partial charge in [-0.05, 0) is 5.56 Å². The first-order valence-corrected chi connectivity index (χ1v) is 6.72. The second-order valence-electron chi connectivity index (χ2n) is 3.46. The fraction of sp³-hybridized carbons (Fsp3) is 0.364. The van der Waals surface area contributed by atoms with Crippen molar-refractivity contribution in [2.24, 2.45) is 5.73 Å². The summed E-state index contributed by atoms with van der Waals surface area (Å²) in [6.45, 7) is 0.391. The highest BCUT2D eigenvalue weighted by Gasteiger charge is 2.14. The van der Waals surface area contributed by atoms with Gasteiger partial charge in [-0.25, -0.2) is 0 Å². The van der Waals surface area contributed by atoms with E-state index in [1.165, 1.54) is 0 Å². The zero-order valence-electron chi connectivity index (χ0n) is 9.18. The zero-order valence-corrected chi connectivity index (χ0v) is 10.00. The number of benzene rings is 1. The minimum atomic E-state index is -0.895. The number of hydrogen-bond acceptors (Lipinski definition) is 3. The molecule has 0 spiro atoms. The fourth-order valence-corrected chi connectivity index (χ4v) is 1.63. The smallest absolute Gasteiger partial charge is 0.241 e. The molecule has 1 aromatic rings. The van der Waals surface area contributed by atoms with Gasteiger partial charge in [0, 0.05) is 29.4 Å². The number of hydrogen-bond donors (Lipinski definition) is 2. The largest absolute Gasteiger partial charge is 0.354 e. The Morgan fingerprint density at radius 1 is 1.44 bits per heavy atom. The first-order valence-electron chi connectivity index (χ1n) is 4.99. The lowest BCUT2D eigenvalue weighted by Crippen LogP contribution is -2.36. The molecule has 0 aromatic heterocycles. The monoisotopic (exact) mass is 240 g/mol. The van der Waals surface area contributed by atoms with Crippen LogP contribution < -0.4 is 11.1 Å². The third kappa shape index (κ3) is 4.12. The van der Waals surface area contributed by atoms with E-state index in [4.69, 9.17) is 5.73 Å². The normalized spacial score (nSPS) is 14.1. The second-order valence-corrected chi connectivity index (χ2v) is 5.01. The Morgan fingerprint density at radius 3 is 2.62 bits per heavy atom. The number of nitrogens with one attached hydrogen (secondary N) is 1. The van der Waals surface area contributed by atoms with Gasteiger partial charge in [0.1, 0.15) is 6.04 Å². The number of nitrogens with two attached hydrogens (primary N) is 1. The van der Waals surface area contributed by atoms with Crippen molar-refractivity contribution in [2.75, 3.05) is 18.6 Å². The lowest BCUT2D eigenvalue weighted by atomic mass is 10.1. The van der Waals surface area contributed by atoms with Crippen molar-refractivity contribution in [1.29, 1.82) is 0 Å². The average molecular weight is 240 g/mol. The molecule has 1 rings (SSSR count). The SMILES string of the molecule is CS(=O)CCNC(=O)C(N)c1ccccc1. The lowest BCUT2D eigenvalue weighted by Gasteiger charge is -2.11. The quantitative estimate of drug-likeness (QED) is 0.771. The molecule has 0 bridgehead atoms. The molecule has 0 aliphatic heterocycles. The van der Waals surface area contributed by atoms with Crippen LogP contribution in [0.1, 0.15) is 11.6 Å². The standard InChI is InChI=1S/C11H16N2O2S/c1-16(15)8-7-13-11(14)10(12)9-5-3-2-4-6-9/h2-6,10H,7-8,12H2,1H3,(H,13,14). The molecule has 0 radical (unpaired) electrons. The van der Waals surface area contributed by atoms with Crippen LogP contribution in [0.3, 0.4) is 0 Å². The molecule has 5 heteroatoms. The summed E-state index contributed by atoms with van der Waals surface area (Å²) in [6.07, 6.45) is 1.60. The highest BCUT2D eigenvalue weighted by Crippen LogP contribution is 2.08. The fourth-order valence-electron chi connectivity index (χ4n) is 1.24. The molecule has 1 amide bonds. The van der Waals surface area contributed by atoms with E-state index in [2.05, 4.69) is 5.32 Å². The molecular weight excluding hydrogens is 224 g/mol. The minimum absolute atomic E-state index is 0.239. The van der Waals surface area contributed by atoms with E-state index < -0.39 is 16.8 Å². The predicted molar refractivity (Wildman–Crippen MR) is 65.3 cm³/mol. The van der Waals surface area contributed by atoms with Gasteiger partial charge < -0.3 is 11.1 Å². The van der Waals surface area contributed by atoms with E-state index in [0.29, 0.717) is 12.3 Å². The van der Waals surface area contributed by atoms with E-state index >= 15 is 0 Å². The van der Waals surface area contributed by atoms with Crippen LogP contribution in [0.5, 0.6) is 0 Å². The molecule has 2 unspecified atom stereocenters. The van der Waals surface area contributed by atoms with Crippen LogP contribution in [0.25, 0.3) is 0 Å². The summed E-state index contributed by atoms with van der Waals surface area (Å²) in [5.41, 5.74) is 6.54. The lowest BCUT2D eigenvalue weighted by molar-refractivity contribution is -0.122. The summed E-state index contributed by atoms with van der Waals surface area (Å²) in [5.74, 6) is 0.212. The molecule has 1 aromatic carbocycles. The Morgan fingerprint density at radius 2 is 2.06 bits per heavy atom. The third-order valence-electron chi connectivity index (χ3n) is 2.13. The second kappa shape index (κ2) is 6.40. The molecule has 4 nitrogen and oxygen atoms in total. The maximum Gasteiger partial charge on any atom is 0.241 e. The minimum Gasteiger partial charge on any atom is -0.354 e. The molecule has 2 atom stereocenters. The van der Waals surface area contributed by atoms with Crippen molar-refractivity contribution in [2.45, 2.75) is 6.04 Å². The summed E-state index contributed by atoms with van der Waals surface area (Å²) in [5, 5.41) is 2.66. The zero-order chi connectivity index (χ0) is 12.0. The van der Waals surface area contributed by atoms with Crippen LogP contribution in [0.2, 0.25) is 0 Å². The van der Waals surface area contributed by atoms with Gasteiger partial charge in [-0.1, -0.05) is 30.3 Å². The molecule has 0 aliphatic carbocycles.